The standard InChI is InChI=1S/C19H24N2O3S/c1-12-17(25-13(2)20-12)15-8-6-7-14-11-21(9-10-23-16(14)15)18(22)24-19(3,4)5/h6-8H,9-11H2,1-5H3. The van der Waals surface area contributed by atoms with E-state index in [2.05, 4.69) is 11.1 Å². The second-order valence-electron chi connectivity index (χ2n) is 7.19. The maximum absolute atomic E-state index is 12.4. The molecule has 25 heavy (non-hydrogen) atoms. The topological polar surface area (TPSA) is 51.7 Å². The number of ether oxygens (including phenoxy) is 2. The van der Waals surface area contributed by atoms with Crippen molar-refractivity contribution >= 4 is 17.4 Å². The quantitative estimate of drug-likeness (QED) is 0.748. The molecular weight excluding hydrogens is 336 g/mol. The molecule has 0 spiro atoms. The number of carbonyl (C=O) groups is 1. The van der Waals surface area contributed by atoms with Crippen LogP contribution in [0.1, 0.15) is 37.0 Å². The van der Waals surface area contributed by atoms with Gasteiger partial charge in [-0.1, -0.05) is 12.1 Å². The first-order chi connectivity index (χ1) is 11.7. The predicted octanol–water partition coefficient (Wildman–Crippen LogP) is 4.56. The van der Waals surface area contributed by atoms with Crippen molar-refractivity contribution in [3.8, 4) is 16.2 Å². The number of fused-ring (bicyclic) bond motifs is 1. The first-order valence-corrected chi connectivity index (χ1v) is 9.23. The number of rotatable bonds is 1. The van der Waals surface area contributed by atoms with Crippen molar-refractivity contribution in [1.82, 2.24) is 9.88 Å². The molecule has 134 valence electrons. The zero-order valence-corrected chi connectivity index (χ0v) is 16.2. The lowest BCUT2D eigenvalue weighted by Gasteiger charge is -2.26. The molecule has 0 fully saturated rings. The molecule has 2 heterocycles. The van der Waals surface area contributed by atoms with Gasteiger partial charge in [0, 0.05) is 11.1 Å². The molecule has 1 aromatic heterocycles. The number of benzene rings is 1. The summed E-state index contributed by atoms with van der Waals surface area (Å²) in [6.07, 6.45) is -0.306. The average molecular weight is 360 g/mol. The smallest absolute Gasteiger partial charge is 0.410 e. The maximum atomic E-state index is 12.4. The molecule has 0 radical (unpaired) electrons. The molecule has 1 aliphatic heterocycles. The lowest BCUT2D eigenvalue weighted by molar-refractivity contribution is 0.0225. The lowest BCUT2D eigenvalue weighted by atomic mass is 10.1. The summed E-state index contributed by atoms with van der Waals surface area (Å²) in [6.45, 7) is 11.1. The summed E-state index contributed by atoms with van der Waals surface area (Å²) in [5.74, 6) is 0.848. The molecule has 3 rings (SSSR count). The van der Waals surface area contributed by atoms with Gasteiger partial charge in [0.15, 0.2) is 0 Å². The number of para-hydroxylation sites is 1. The van der Waals surface area contributed by atoms with Crippen LogP contribution in [0.15, 0.2) is 18.2 Å². The van der Waals surface area contributed by atoms with Gasteiger partial charge in [0.2, 0.25) is 0 Å². The fraction of sp³-hybridized carbons (Fsp3) is 0.474. The minimum atomic E-state index is -0.508. The van der Waals surface area contributed by atoms with E-state index in [1.165, 1.54) is 0 Å². The molecular formula is C19H24N2O3S. The van der Waals surface area contributed by atoms with E-state index in [4.69, 9.17) is 9.47 Å². The van der Waals surface area contributed by atoms with Gasteiger partial charge in [-0.2, -0.15) is 0 Å². The summed E-state index contributed by atoms with van der Waals surface area (Å²) in [5.41, 5.74) is 2.54. The predicted molar refractivity (Wildman–Crippen MR) is 99.2 cm³/mol. The second-order valence-corrected chi connectivity index (χ2v) is 8.39. The highest BCUT2D eigenvalue weighted by atomic mass is 32.1. The molecule has 5 nitrogen and oxygen atoms in total. The molecule has 1 amide bonds. The number of hydrogen-bond acceptors (Lipinski definition) is 5. The van der Waals surface area contributed by atoms with Crippen LogP contribution in [0, 0.1) is 13.8 Å². The number of carbonyl (C=O) groups excluding carboxylic acids is 1. The monoisotopic (exact) mass is 360 g/mol. The van der Waals surface area contributed by atoms with Crippen LogP contribution in [0.5, 0.6) is 5.75 Å². The van der Waals surface area contributed by atoms with Gasteiger partial charge in [0.25, 0.3) is 0 Å². The van der Waals surface area contributed by atoms with Crippen molar-refractivity contribution in [2.45, 2.75) is 46.8 Å². The molecule has 0 atom stereocenters. The fourth-order valence-electron chi connectivity index (χ4n) is 2.86. The zero-order chi connectivity index (χ0) is 18.2. The summed E-state index contributed by atoms with van der Waals surface area (Å²) in [4.78, 5) is 19.8. The number of aromatic nitrogens is 1. The van der Waals surface area contributed by atoms with Crippen molar-refractivity contribution in [3.63, 3.8) is 0 Å². The molecule has 0 saturated carbocycles. The van der Waals surface area contributed by atoms with Crippen LogP contribution in [-0.2, 0) is 11.3 Å². The molecule has 0 N–H and O–H groups in total. The van der Waals surface area contributed by atoms with Crippen LogP contribution in [0.3, 0.4) is 0 Å². The number of aryl methyl sites for hydroxylation is 2. The Hall–Kier alpha value is -2.08. The van der Waals surface area contributed by atoms with Crippen LogP contribution >= 0.6 is 11.3 Å². The Kier molecular flexibility index (Phi) is 4.73. The van der Waals surface area contributed by atoms with Gasteiger partial charge in [-0.25, -0.2) is 9.78 Å². The van der Waals surface area contributed by atoms with Gasteiger partial charge in [-0.3, -0.25) is 0 Å². The minimum Gasteiger partial charge on any atom is -0.491 e. The summed E-state index contributed by atoms with van der Waals surface area (Å²) in [6, 6.07) is 6.07. The van der Waals surface area contributed by atoms with Gasteiger partial charge in [0.05, 0.1) is 28.7 Å². The Bertz CT molecular complexity index is 792. The number of nitrogens with zero attached hydrogens (tertiary/aromatic N) is 2. The third-order valence-corrected chi connectivity index (χ3v) is 4.97. The Balaban J connectivity index is 1.92. The van der Waals surface area contributed by atoms with E-state index in [-0.39, 0.29) is 6.09 Å². The zero-order valence-electron chi connectivity index (χ0n) is 15.4. The van der Waals surface area contributed by atoms with Crippen molar-refractivity contribution in [3.05, 3.63) is 34.5 Å². The van der Waals surface area contributed by atoms with Crippen LogP contribution in [0.2, 0.25) is 0 Å². The third-order valence-electron chi connectivity index (χ3n) is 3.87. The lowest BCUT2D eigenvalue weighted by Crippen LogP contribution is -2.37. The third kappa shape index (κ3) is 3.95. The van der Waals surface area contributed by atoms with Crippen LogP contribution < -0.4 is 4.74 Å². The van der Waals surface area contributed by atoms with Crippen molar-refractivity contribution in [2.75, 3.05) is 13.2 Å². The van der Waals surface area contributed by atoms with E-state index in [9.17, 15) is 4.79 Å². The molecule has 6 heteroatoms. The second kappa shape index (κ2) is 6.67. The highest BCUT2D eigenvalue weighted by molar-refractivity contribution is 7.15. The Morgan fingerprint density at radius 1 is 1.32 bits per heavy atom. The largest absolute Gasteiger partial charge is 0.491 e. The molecule has 1 aromatic carbocycles. The van der Waals surface area contributed by atoms with E-state index < -0.39 is 5.60 Å². The van der Waals surface area contributed by atoms with Crippen LogP contribution in [0.4, 0.5) is 4.79 Å². The number of thiazole rings is 1. The first kappa shape index (κ1) is 17.7. The van der Waals surface area contributed by atoms with Gasteiger partial charge >= 0.3 is 6.09 Å². The molecule has 0 unspecified atom stereocenters. The van der Waals surface area contributed by atoms with E-state index in [1.807, 2.05) is 46.8 Å². The molecule has 1 aliphatic rings. The average Bonchev–Trinajstić information content (AvgIpc) is 2.71. The first-order valence-electron chi connectivity index (χ1n) is 8.41. The van der Waals surface area contributed by atoms with Gasteiger partial charge < -0.3 is 14.4 Å². The van der Waals surface area contributed by atoms with Gasteiger partial charge in [0.1, 0.15) is 18.0 Å². The van der Waals surface area contributed by atoms with E-state index in [0.29, 0.717) is 19.7 Å². The fourth-order valence-corrected chi connectivity index (χ4v) is 3.81. The summed E-state index contributed by atoms with van der Waals surface area (Å²) in [5, 5.41) is 1.04. The van der Waals surface area contributed by atoms with Crippen LogP contribution in [-0.4, -0.2) is 34.7 Å². The van der Waals surface area contributed by atoms with Crippen molar-refractivity contribution < 1.29 is 14.3 Å². The Morgan fingerprint density at radius 2 is 2.08 bits per heavy atom. The van der Waals surface area contributed by atoms with E-state index in [1.54, 1.807) is 16.2 Å². The summed E-state index contributed by atoms with van der Waals surface area (Å²) in [7, 11) is 0. The van der Waals surface area contributed by atoms with Crippen LogP contribution in [0.25, 0.3) is 10.4 Å². The Labute approximate surface area is 152 Å². The maximum Gasteiger partial charge on any atom is 0.410 e. The number of amides is 1. The molecule has 0 bridgehead atoms. The highest BCUT2D eigenvalue weighted by Crippen LogP contribution is 2.39. The summed E-state index contributed by atoms with van der Waals surface area (Å²) >= 11 is 1.67. The molecule has 2 aromatic rings. The van der Waals surface area contributed by atoms with Gasteiger partial charge in [-0.05, 0) is 40.7 Å². The minimum absolute atomic E-state index is 0.306. The SMILES string of the molecule is Cc1nc(C)c(-c2cccc3c2OCCN(C(=O)OC(C)(C)C)C3)s1. The molecule has 0 saturated heterocycles. The van der Waals surface area contributed by atoms with E-state index >= 15 is 0 Å². The highest BCUT2D eigenvalue weighted by Gasteiger charge is 2.26. The Morgan fingerprint density at radius 3 is 2.72 bits per heavy atom. The summed E-state index contributed by atoms with van der Waals surface area (Å²) < 4.78 is 11.5. The normalized spacial score (nSPS) is 14.5. The van der Waals surface area contributed by atoms with E-state index in [0.717, 1.165) is 32.5 Å². The number of hydrogen-bond donors (Lipinski definition) is 0. The van der Waals surface area contributed by atoms with Crippen molar-refractivity contribution in [2.24, 2.45) is 0 Å². The van der Waals surface area contributed by atoms with Crippen molar-refractivity contribution in [1.29, 1.82) is 0 Å². The van der Waals surface area contributed by atoms with Gasteiger partial charge in [-0.15, -0.1) is 11.3 Å². The molecule has 0 aliphatic carbocycles.